The van der Waals surface area contributed by atoms with Crippen LogP contribution in [0.3, 0.4) is 0 Å². The maximum absolute atomic E-state index is 13.9. The van der Waals surface area contributed by atoms with Crippen LogP contribution in [-0.2, 0) is 9.53 Å². The number of carbonyl (C=O) groups excluding carboxylic acids is 1. The fourth-order valence-corrected chi connectivity index (χ4v) is 3.55. The number of hydrogen-bond acceptors (Lipinski definition) is 2. The largest absolute Gasteiger partial charge is 0.370 e. The maximum Gasteiger partial charge on any atom is 0.226 e. The first kappa shape index (κ1) is 16.2. The molecule has 0 radical (unpaired) electrons. The number of rotatable bonds is 3. The Hall–Kier alpha value is -2.27. The van der Waals surface area contributed by atoms with E-state index in [4.69, 9.17) is 4.74 Å². The van der Waals surface area contributed by atoms with Crippen LogP contribution >= 0.6 is 0 Å². The molecule has 3 unspecified atom stereocenters. The van der Waals surface area contributed by atoms with E-state index in [1.165, 1.54) is 18.2 Å². The highest BCUT2D eigenvalue weighted by Gasteiger charge is 2.47. The molecule has 1 amide bonds. The summed E-state index contributed by atoms with van der Waals surface area (Å²) in [4.78, 5) is 14.6. The van der Waals surface area contributed by atoms with Crippen LogP contribution in [0, 0.1) is 17.6 Å². The highest BCUT2D eigenvalue weighted by molar-refractivity contribution is 5.83. The Morgan fingerprint density at radius 3 is 2.60 bits per heavy atom. The van der Waals surface area contributed by atoms with Gasteiger partial charge in [0.15, 0.2) is 0 Å². The summed E-state index contributed by atoms with van der Waals surface area (Å²) in [5.41, 5.74) is 1.49. The van der Waals surface area contributed by atoms with Crippen molar-refractivity contribution in [3.63, 3.8) is 0 Å². The molecule has 0 aromatic heterocycles. The SMILES string of the molecule is O=C(C1CC1c1ccccc1F)N1CCOC(c2ccc(F)cc2)C1. The average Bonchev–Trinajstić information content (AvgIpc) is 3.43. The third-order valence-electron chi connectivity index (χ3n) is 5.03. The van der Waals surface area contributed by atoms with E-state index >= 15 is 0 Å². The Labute approximate surface area is 145 Å². The van der Waals surface area contributed by atoms with Crippen LogP contribution in [0.15, 0.2) is 48.5 Å². The summed E-state index contributed by atoms with van der Waals surface area (Å²) >= 11 is 0. The predicted octanol–water partition coefficient (Wildman–Crippen LogP) is 3.67. The van der Waals surface area contributed by atoms with Crippen LogP contribution in [0.2, 0.25) is 0 Å². The number of carbonyl (C=O) groups is 1. The number of benzene rings is 2. The highest BCUT2D eigenvalue weighted by atomic mass is 19.1. The lowest BCUT2D eigenvalue weighted by Crippen LogP contribution is -2.43. The van der Waals surface area contributed by atoms with Gasteiger partial charge < -0.3 is 9.64 Å². The van der Waals surface area contributed by atoms with Crippen LogP contribution in [0.4, 0.5) is 8.78 Å². The molecular weight excluding hydrogens is 324 g/mol. The van der Waals surface area contributed by atoms with Crippen molar-refractivity contribution in [2.24, 2.45) is 5.92 Å². The second kappa shape index (κ2) is 6.56. The van der Waals surface area contributed by atoms with Gasteiger partial charge in [-0.2, -0.15) is 0 Å². The van der Waals surface area contributed by atoms with Crippen molar-refractivity contribution in [1.82, 2.24) is 4.90 Å². The van der Waals surface area contributed by atoms with Gasteiger partial charge in [0.05, 0.1) is 13.2 Å². The summed E-state index contributed by atoms with van der Waals surface area (Å²) in [6.45, 7) is 1.44. The zero-order valence-corrected chi connectivity index (χ0v) is 13.7. The molecule has 2 fully saturated rings. The Morgan fingerprint density at radius 2 is 1.84 bits per heavy atom. The molecule has 3 nitrogen and oxygen atoms in total. The second-order valence-electron chi connectivity index (χ2n) is 6.67. The van der Waals surface area contributed by atoms with E-state index in [2.05, 4.69) is 0 Å². The lowest BCUT2D eigenvalue weighted by molar-refractivity contribution is -0.140. The third kappa shape index (κ3) is 3.29. The molecule has 1 aliphatic heterocycles. The molecule has 2 aliphatic rings. The number of halogens is 2. The second-order valence-corrected chi connectivity index (χ2v) is 6.67. The fourth-order valence-electron chi connectivity index (χ4n) is 3.55. The topological polar surface area (TPSA) is 29.5 Å². The number of hydrogen-bond donors (Lipinski definition) is 0. The molecule has 1 saturated heterocycles. The molecule has 3 atom stereocenters. The minimum atomic E-state index is -0.293. The number of nitrogens with zero attached hydrogens (tertiary/aromatic N) is 1. The van der Waals surface area contributed by atoms with Gasteiger partial charge in [-0.3, -0.25) is 4.79 Å². The number of morpholine rings is 1. The lowest BCUT2D eigenvalue weighted by Gasteiger charge is -2.33. The number of amides is 1. The van der Waals surface area contributed by atoms with Crippen molar-refractivity contribution in [2.45, 2.75) is 18.4 Å². The van der Waals surface area contributed by atoms with Gasteiger partial charge in [0, 0.05) is 12.5 Å². The van der Waals surface area contributed by atoms with Gasteiger partial charge in [0.1, 0.15) is 17.7 Å². The van der Waals surface area contributed by atoms with Gasteiger partial charge >= 0.3 is 0 Å². The summed E-state index contributed by atoms with van der Waals surface area (Å²) in [6, 6.07) is 12.8. The van der Waals surface area contributed by atoms with E-state index < -0.39 is 0 Å². The van der Waals surface area contributed by atoms with E-state index in [1.807, 2.05) is 0 Å². The van der Waals surface area contributed by atoms with Crippen molar-refractivity contribution in [1.29, 1.82) is 0 Å². The smallest absolute Gasteiger partial charge is 0.226 e. The van der Waals surface area contributed by atoms with E-state index in [9.17, 15) is 13.6 Å². The Kier molecular flexibility index (Phi) is 4.25. The Morgan fingerprint density at radius 1 is 1.08 bits per heavy atom. The summed E-state index contributed by atoms with van der Waals surface area (Å²) in [5.74, 6) is -0.652. The zero-order valence-electron chi connectivity index (χ0n) is 13.7. The quantitative estimate of drug-likeness (QED) is 0.851. The first-order chi connectivity index (χ1) is 12.1. The molecule has 4 rings (SSSR count). The lowest BCUT2D eigenvalue weighted by atomic mass is 10.1. The van der Waals surface area contributed by atoms with Crippen molar-refractivity contribution >= 4 is 5.91 Å². The van der Waals surface area contributed by atoms with E-state index in [1.54, 1.807) is 35.2 Å². The summed E-state index contributed by atoms with van der Waals surface area (Å²) < 4.78 is 32.7. The summed E-state index contributed by atoms with van der Waals surface area (Å²) in [5, 5.41) is 0. The summed E-state index contributed by atoms with van der Waals surface area (Å²) in [6.07, 6.45) is 0.446. The molecule has 1 heterocycles. The monoisotopic (exact) mass is 343 g/mol. The van der Waals surface area contributed by atoms with Gasteiger partial charge in [0.2, 0.25) is 5.91 Å². The molecule has 0 N–H and O–H groups in total. The van der Waals surface area contributed by atoms with Crippen molar-refractivity contribution in [2.75, 3.05) is 19.7 Å². The van der Waals surface area contributed by atoms with E-state index in [0.29, 0.717) is 31.7 Å². The van der Waals surface area contributed by atoms with Crippen LogP contribution in [-0.4, -0.2) is 30.5 Å². The van der Waals surface area contributed by atoms with Crippen LogP contribution < -0.4 is 0 Å². The van der Waals surface area contributed by atoms with Gasteiger partial charge in [0.25, 0.3) is 0 Å². The first-order valence-electron chi connectivity index (χ1n) is 8.54. The number of ether oxygens (including phenoxy) is 1. The fraction of sp³-hybridized carbons (Fsp3) is 0.350. The Balaban J connectivity index is 1.43. The standard InChI is InChI=1S/C20H19F2NO2/c21-14-7-5-13(6-8-14)19-12-23(9-10-25-19)20(24)17-11-16(17)15-3-1-2-4-18(15)22/h1-8,16-17,19H,9-12H2. The molecular formula is C20H19F2NO2. The molecule has 25 heavy (non-hydrogen) atoms. The molecule has 2 aromatic carbocycles. The molecule has 1 saturated carbocycles. The molecule has 1 aliphatic carbocycles. The normalized spacial score (nSPS) is 25.7. The predicted molar refractivity (Wildman–Crippen MR) is 88.9 cm³/mol. The minimum Gasteiger partial charge on any atom is -0.370 e. The van der Waals surface area contributed by atoms with Crippen LogP contribution in [0.1, 0.15) is 29.6 Å². The molecule has 5 heteroatoms. The zero-order chi connectivity index (χ0) is 17.4. The van der Waals surface area contributed by atoms with Crippen LogP contribution in [0.5, 0.6) is 0 Å². The Bertz CT molecular complexity index is 778. The summed E-state index contributed by atoms with van der Waals surface area (Å²) in [7, 11) is 0. The van der Waals surface area contributed by atoms with Crippen molar-refractivity contribution < 1.29 is 18.3 Å². The minimum absolute atomic E-state index is 0.0270. The van der Waals surface area contributed by atoms with Gasteiger partial charge in [-0.1, -0.05) is 30.3 Å². The van der Waals surface area contributed by atoms with Crippen molar-refractivity contribution in [3.05, 3.63) is 71.3 Å². The molecule has 0 bridgehead atoms. The van der Waals surface area contributed by atoms with Gasteiger partial charge in [-0.05, 0) is 41.7 Å². The average molecular weight is 343 g/mol. The van der Waals surface area contributed by atoms with Gasteiger partial charge in [-0.25, -0.2) is 8.78 Å². The van der Waals surface area contributed by atoms with E-state index in [0.717, 1.165) is 5.56 Å². The van der Waals surface area contributed by atoms with Crippen molar-refractivity contribution in [3.8, 4) is 0 Å². The van der Waals surface area contributed by atoms with Crippen LogP contribution in [0.25, 0.3) is 0 Å². The van der Waals surface area contributed by atoms with Gasteiger partial charge in [-0.15, -0.1) is 0 Å². The molecule has 0 spiro atoms. The molecule has 130 valence electrons. The third-order valence-corrected chi connectivity index (χ3v) is 5.03. The highest BCUT2D eigenvalue weighted by Crippen LogP contribution is 2.49. The maximum atomic E-state index is 13.9. The first-order valence-corrected chi connectivity index (χ1v) is 8.54. The van der Waals surface area contributed by atoms with E-state index in [-0.39, 0.29) is 35.5 Å². The molecule has 2 aromatic rings.